The van der Waals surface area contributed by atoms with E-state index in [1.54, 1.807) is 12.2 Å². The van der Waals surface area contributed by atoms with Crippen molar-refractivity contribution in [1.82, 2.24) is 20.6 Å². The zero-order valence-electron chi connectivity index (χ0n) is 25.9. The van der Waals surface area contributed by atoms with Crippen LogP contribution in [0.2, 0.25) is 0 Å². The fourth-order valence-corrected chi connectivity index (χ4v) is 5.54. The topological polar surface area (TPSA) is 201 Å². The van der Waals surface area contributed by atoms with Crippen molar-refractivity contribution in [3.8, 4) is 0 Å². The number of H-pyrrole nitrogens is 2. The summed E-state index contributed by atoms with van der Waals surface area (Å²) in [5.74, 6) is -2.28. The number of hydrogen-bond donors (Lipinski definition) is 6. The van der Waals surface area contributed by atoms with Gasteiger partial charge in [-0.2, -0.15) is 0 Å². The second-order valence-corrected chi connectivity index (χ2v) is 10.4. The van der Waals surface area contributed by atoms with E-state index < -0.39 is 23.8 Å². The molecule has 2 aliphatic heterocycles. The van der Waals surface area contributed by atoms with Gasteiger partial charge >= 0.3 is 11.9 Å². The van der Waals surface area contributed by atoms with E-state index in [0.717, 1.165) is 22.3 Å². The first-order chi connectivity index (χ1) is 21.4. The highest BCUT2D eigenvalue weighted by Gasteiger charge is 2.31. The van der Waals surface area contributed by atoms with Crippen molar-refractivity contribution in [2.75, 3.05) is 28.4 Å². The van der Waals surface area contributed by atoms with Crippen LogP contribution in [-0.4, -0.2) is 72.4 Å². The van der Waals surface area contributed by atoms with Gasteiger partial charge in [-0.1, -0.05) is 0 Å². The zero-order valence-corrected chi connectivity index (χ0v) is 25.9. The Kier molecular flexibility index (Phi) is 9.75. The molecule has 0 atom stereocenters. The van der Waals surface area contributed by atoms with E-state index in [1.165, 1.54) is 28.4 Å². The van der Waals surface area contributed by atoms with Crippen molar-refractivity contribution >= 4 is 35.9 Å². The average Bonchev–Trinajstić information content (AvgIpc) is 3.66. The largest absolute Gasteiger partial charge is 0.491 e. The minimum Gasteiger partial charge on any atom is -0.491 e. The van der Waals surface area contributed by atoms with Crippen LogP contribution in [0.5, 0.6) is 0 Å². The molecule has 0 bridgehead atoms. The lowest BCUT2D eigenvalue weighted by atomic mass is 9.98. The molecule has 2 amide bonds. The van der Waals surface area contributed by atoms with Gasteiger partial charge in [-0.05, 0) is 61.1 Å². The second kappa shape index (κ2) is 13.5. The van der Waals surface area contributed by atoms with E-state index in [0.29, 0.717) is 34.2 Å². The highest BCUT2D eigenvalue weighted by Crippen LogP contribution is 2.32. The average molecular weight is 625 g/mol. The van der Waals surface area contributed by atoms with Crippen LogP contribution in [0.1, 0.15) is 57.9 Å². The summed E-state index contributed by atoms with van der Waals surface area (Å²) in [6.07, 6.45) is 3.90. The first-order valence-electron chi connectivity index (χ1n) is 14.0. The highest BCUT2D eigenvalue weighted by atomic mass is 16.5. The number of aliphatic carboxylic acids is 2. The van der Waals surface area contributed by atoms with Gasteiger partial charge in [-0.25, -0.2) is 0 Å². The summed E-state index contributed by atoms with van der Waals surface area (Å²) >= 11 is 0. The molecule has 4 rings (SSSR count). The molecule has 14 nitrogen and oxygen atoms in total. The van der Waals surface area contributed by atoms with Gasteiger partial charge in [0.25, 0.3) is 11.8 Å². The standard InChI is InChI=1S/C31H36N4O10/c1-14-16(7-9-24(36)37)20(32-18(14)11-22-26(42-3)28(44-5)30(40)34-22)13-21-17(8-10-25(38)39)15(2)19(33-21)12-23-27(43-4)29(45-6)31(41)35-23/h11-12,32-33H,7-10,13H2,1-6H3,(H,34,40)(H,35,41)(H,36,37)(H,38,39)/b22-11-,23-12-. The molecule has 45 heavy (non-hydrogen) atoms. The third-order valence-corrected chi connectivity index (χ3v) is 7.75. The van der Waals surface area contributed by atoms with Crippen LogP contribution in [0.3, 0.4) is 0 Å². The SMILES string of the molecule is COC1=C(OC)/C(=C/c2[nH]c(Cc3[nH]c(/C=C4\NC(=O)C(OC)=C4OC)c(C)c3CCC(=O)O)c(CCC(=O)O)c2C)NC1=O. The van der Waals surface area contributed by atoms with Crippen LogP contribution in [0.4, 0.5) is 0 Å². The number of rotatable bonds is 14. The number of carbonyl (C=O) groups excluding carboxylic acids is 2. The monoisotopic (exact) mass is 624 g/mol. The van der Waals surface area contributed by atoms with Crippen LogP contribution in [-0.2, 0) is 57.4 Å². The predicted molar refractivity (Wildman–Crippen MR) is 160 cm³/mol. The van der Waals surface area contributed by atoms with Gasteiger partial charge in [-0.3, -0.25) is 19.2 Å². The van der Waals surface area contributed by atoms with E-state index >= 15 is 0 Å². The first kappa shape index (κ1) is 32.5. The summed E-state index contributed by atoms with van der Waals surface area (Å²) in [7, 11) is 5.58. The molecule has 2 aromatic heterocycles. The van der Waals surface area contributed by atoms with Crippen molar-refractivity contribution < 1.29 is 48.3 Å². The Hall–Kier alpha value is -5.40. The quantitative estimate of drug-likeness (QED) is 0.181. The Balaban J connectivity index is 1.81. The maximum atomic E-state index is 12.4. The predicted octanol–water partition coefficient (Wildman–Crippen LogP) is 2.54. The van der Waals surface area contributed by atoms with Crippen LogP contribution < -0.4 is 10.6 Å². The zero-order chi connectivity index (χ0) is 33.0. The number of methoxy groups -OCH3 is 4. The third-order valence-electron chi connectivity index (χ3n) is 7.75. The summed E-state index contributed by atoms with van der Waals surface area (Å²) in [6, 6.07) is 0. The number of ether oxygens (including phenoxy) is 4. The maximum absolute atomic E-state index is 12.4. The van der Waals surface area contributed by atoms with Crippen molar-refractivity contribution in [3.05, 3.63) is 79.5 Å². The number of carboxylic acids is 2. The molecular formula is C31H36N4O10. The van der Waals surface area contributed by atoms with Gasteiger partial charge in [-0.15, -0.1) is 0 Å². The van der Waals surface area contributed by atoms with E-state index in [1.807, 2.05) is 13.8 Å². The maximum Gasteiger partial charge on any atom is 0.303 e. The van der Waals surface area contributed by atoms with Crippen molar-refractivity contribution in [2.45, 2.75) is 46.0 Å². The second-order valence-electron chi connectivity index (χ2n) is 10.4. The third kappa shape index (κ3) is 6.59. The van der Waals surface area contributed by atoms with Crippen molar-refractivity contribution in [2.24, 2.45) is 0 Å². The molecule has 14 heteroatoms. The molecule has 0 aliphatic carbocycles. The van der Waals surface area contributed by atoms with Gasteiger partial charge in [0.1, 0.15) is 0 Å². The molecule has 2 aromatic rings. The summed E-state index contributed by atoms with van der Waals surface area (Å²) in [5.41, 5.74) is 6.54. The van der Waals surface area contributed by atoms with E-state index in [-0.39, 0.29) is 55.1 Å². The Morgan fingerprint density at radius 3 is 1.31 bits per heavy atom. The fourth-order valence-electron chi connectivity index (χ4n) is 5.54. The van der Waals surface area contributed by atoms with Gasteiger partial charge in [0.05, 0.1) is 39.8 Å². The summed E-state index contributed by atoms with van der Waals surface area (Å²) < 4.78 is 21.2. The normalized spacial score (nSPS) is 16.5. The van der Waals surface area contributed by atoms with Gasteiger partial charge in [0, 0.05) is 42.0 Å². The van der Waals surface area contributed by atoms with Gasteiger partial charge < -0.3 is 49.8 Å². The number of hydrogen-bond acceptors (Lipinski definition) is 8. The number of nitrogens with one attached hydrogen (secondary N) is 4. The fraction of sp³-hybridized carbons (Fsp3) is 0.355. The minimum atomic E-state index is -0.957. The van der Waals surface area contributed by atoms with E-state index in [9.17, 15) is 29.4 Å². The molecule has 0 saturated carbocycles. The summed E-state index contributed by atoms with van der Waals surface area (Å²) in [5, 5.41) is 24.3. The Labute approximate surface area is 258 Å². The molecular weight excluding hydrogens is 588 g/mol. The molecule has 240 valence electrons. The summed E-state index contributed by atoms with van der Waals surface area (Å²) in [4.78, 5) is 54.6. The lowest BCUT2D eigenvalue weighted by molar-refractivity contribution is -0.138. The van der Waals surface area contributed by atoms with Gasteiger partial charge in [0.2, 0.25) is 11.5 Å². The molecule has 0 saturated heterocycles. The lowest BCUT2D eigenvalue weighted by Gasteiger charge is -2.07. The van der Waals surface area contributed by atoms with Crippen molar-refractivity contribution in [1.29, 1.82) is 0 Å². The van der Waals surface area contributed by atoms with E-state index in [4.69, 9.17) is 18.9 Å². The molecule has 6 N–H and O–H groups in total. The Bertz CT molecular complexity index is 1560. The Morgan fingerprint density at radius 1 is 0.644 bits per heavy atom. The molecule has 0 unspecified atom stereocenters. The number of aromatic amines is 2. The Morgan fingerprint density at radius 2 is 1.00 bits per heavy atom. The number of amides is 2. The van der Waals surface area contributed by atoms with Crippen LogP contribution in [0, 0.1) is 13.8 Å². The molecule has 0 spiro atoms. The number of aromatic nitrogens is 2. The van der Waals surface area contributed by atoms with Crippen LogP contribution >= 0.6 is 0 Å². The first-order valence-corrected chi connectivity index (χ1v) is 14.0. The molecule has 0 aromatic carbocycles. The molecule has 2 aliphatic rings. The van der Waals surface area contributed by atoms with Crippen LogP contribution in [0.15, 0.2) is 34.4 Å². The molecule has 0 fully saturated rings. The van der Waals surface area contributed by atoms with Gasteiger partial charge in [0.15, 0.2) is 11.5 Å². The molecule has 0 radical (unpaired) electrons. The lowest BCUT2D eigenvalue weighted by Crippen LogP contribution is -2.17. The smallest absolute Gasteiger partial charge is 0.303 e. The van der Waals surface area contributed by atoms with E-state index in [2.05, 4.69) is 20.6 Å². The number of carbonyl (C=O) groups is 4. The highest BCUT2D eigenvalue weighted by molar-refractivity contribution is 5.99. The number of carboxylic acid groups (broad SMARTS) is 2. The van der Waals surface area contributed by atoms with Crippen LogP contribution in [0.25, 0.3) is 12.2 Å². The molecule has 4 heterocycles. The minimum absolute atomic E-state index is 0.0356. The summed E-state index contributed by atoms with van der Waals surface area (Å²) in [6.45, 7) is 3.70. The van der Waals surface area contributed by atoms with Crippen molar-refractivity contribution in [3.63, 3.8) is 0 Å².